The predicted octanol–water partition coefficient (Wildman–Crippen LogP) is 2.67. The van der Waals surface area contributed by atoms with Crippen LogP contribution in [0.3, 0.4) is 0 Å². The zero-order valence-corrected chi connectivity index (χ0v) is 18.8. The molecule has 1 amide bonds. The normalized spacial score (nSPS) is 16.1. The van der Waals surface area contributed by atoms with E-state index in [4.69, 9.17) is 30.5 Å². The molecule has 2 aromatic rings. The van der Waals surface area contributed by atoms with Crippen LogP contribution in [0.4, 0.5) is 0 Å². The molecule has 1 atom stereocenters. The van der Waals surface area contributed by atoms with E-state index in [0.717, 1.165) is 0 Å². The molecule has 1 aliphatic rings. The number of amides is 1. The minimum absolute atomic E-state index is 0.146. The first kappa shape index (κ1) is 23.5. The Bertz CT molecular complexity index is 1010. The summed E-state index contributed by atoms with van der Waals surface area (Å²) < 4.78 is 21.7. The van der Waals surface area contributed by atoms with E-state index in [-0.39, 0.29) is 30.4 Å². The molecule has 3 rings (SSSR count). The van der Waals surface area contributed by atoms with Crippen LogP contribution in [0.25, 0.3) is 6.08 Å². The summed E-state index contributed by atoms with van der Waals surface area (Å²) in [4.78, 5) is 34.3. The number of Topliss-reactive ketones (excluding diaryl/α,β-unsaturated/α-hetero) is 1. The van der Waals surface area contributed by atoms with Gasteiger partial charge < -0.3 is 23.8 Å². The second kappa shape index (κ2) is 10.9. The average molecular weight is 462 g/mol. The highest BCUT2D eigenvalue weighted by Crippen LogP contribution is 2.24. The summed E-state index contributed by atoms with van der Waals surface area (Å²) in [5.74, 6) is 0.401. The number of nitrogens with zero attached hydrogens (tertiary/aromatic N) is 3. The maximum Gasteiger partial charge on any atom is 0.319 e. The number of methoxy groups -OCH3 is 2. The van der Waals surface area contributed by atoms with E-state index in [1.807, 2.05) is 0 Å². The lowest BCUT2D eigenvalue weighted by Gasteiger charge is -2.32. The van der Waals surface area contributed by atoms with E-state index < -0.39 is 0 Å². The van der Waals surface area contributed by atoms with Gasteiger partial charge in [0.25, 0.3) is 0 Å². The lowest BCUT2D eigenvalue weighted by atomic mass is 10.1. The molecule has 0 radical (unpaired) electrons. The second-order valence-electron chi connectivity index (χ2n) is 6.94. The monoisotopic (exact) mass is 461 g/mol. The SMILES string of the molecule is COc1ncc(C=CC(=O)N2CCOC(COc3ccc(Cl)cc3C(C)=O)C2)c(OC)n1. The standard InChI is InChI=1S/C22H24ClN3O6/c1-14(27)18-10-16(23)5-6-19(18)32-13-17-12-26(8-9-31-17)20(28)7-4-15-11-24-22(30-3)25-21(15)29-2/h4-7,10-11,17H,8-9,12-13H2,1-3H3. The Morgan fingerprint density at radius 3 is 2.84 bits per heavy atom. The van der Waals surface area contributed by atoms with Gasteiger partial charge in [-0.15, -0.1) is 0 Å². The molecule has 32 heavy (non-hydrogen) atoms. The summed E-state index contributed by atoms with van der Waals surface area (Å²) >= 11 is 5.97. The number of morpholine rings is 1. The maximum absolute atomic E-state index is 12.7. The fourth-order valence-electron chi connectivity index (χ4n) is 3.11. The van der Waals surface area contributed by atoms with Crippen molar-refractivity contribution in [1.82, 2.24) is 14.9 Å². The Morgan fingerprint density at radius 1 is 1.31 bits per heavy atom. The summed E-state index contributed by atoms with van der Waals surface area (Å²) in [6.45, 7) is 2.82. The molecule has 0 saturated carbocycles. The predicted molar refractivity (Wildman–Crippen MR) is 117 cm³/mol. The van der Waals surface area contributed by atoms with Crippen LogP contribution in [0.1, 0.15) is 22.8 Å². The molecule has 0 bridgehead atoms. The van der Waals surface area contributed by atoms with Crippen LogP contribution < -0.4 is 14.2 Å². The fraction of sp³-hybridized carbons (Fsp3) is 0.364. The number of benzene rings is 1. The molecule has 10 heteroatoms. The van der Waals surface area contributed by atoms with Gasteiger partial charge in [0.2, 0.25) is 11.8 Å². The second-order valence-corrected chi connectivity index (χ2v) is 7.38. The lowest BCUT2D eigenvalue weighted by molar-refractivity contribution is -0.134. The van der Waals surface area contributed by atoms with Crippen molar-refractivity contribution in [2.24, 2.45) is 0 Å². The highest BCUT2D eigenvalue weighted by atomic mass is 35.5. The molecule has 1 aliphatic heterocycles. The Balaban J connectivity index is 1.61. The summed E-state index contributed by atoms with van der Waals surface area (Å²) in [6.07, 6.45) is 4.21. The fourth-order valence-corrected chi connectivity index (χ4v) is 3.28. The van der Waals surface area contributed by atoms with Gasteiger partial charge >= 0.3 is 6.01 Å². The molecule has 1 unspecified atom stereocenters. The van der Waals surface area contributed by atoms with Crippen LogP contribution >= 0.6 is 11.6 Å². The van der Waals surface area contributed by atoms with Gasteiger partial charge in [-0.05, 0) is 31.2 Å². The Kier molecular flexibility index (Phi) is 8.02. The molecule has 0 N–H and O–H groups in total. The number of rotatable bonds is 8. The number of hydrogen-bond donors (Lipinski definition) is 0. The molecular weight excluding hydrogens is 438 g/mol. The number of hydrogen-bond acceptors (Lipinski definition) is 8. The number of halogens is 1. The number of ether oxygens (including phenoxy) is 4. The topological polar surface area (TPSA) is 100 Å². The average Bonchev–Trinajstić information content (AvgIpc) is 2.81. The number of ketones is 1. The zero-order chi connectivity index (χ0) is 23.1. The van der Waals surface area contributed by atoms with E-state index in [1.54, 1.807) is 29.2 Å². The summed E-state index contributed by atoms with van der Waals surface area (Å²) in [6, 6.07) is 5.05. The number of carbonyl (C=O) groups is 2. The third kappa shape index (κ3) is 5.95. The highest BCUT2D eigenvalue weighted by Gasteiger charge is 2.24. The third-order valence-corrected chi connectivity index (χ3v) is 4.97. The van der Waals surface area contributed by atoms with E-state index in [0.29, 0.717) is 47.5 Å². The van der Waals surface area contributed by atoms with Crippen molar-refractivity contribution in [3.05, 3.63) is 46.6 Å². The molecular formula is C22H24ClN3O6. The van der Waals surface area contributed by atoms with Gasteiger partial charge in [0, 0.05) is 23.8 Å². The molecule has 2 heterocycles. The quantitative estimate of drug-likeness (QED) is 0.437. The van der Waals surface area contributed by atoms with E-state index in [2.05, 4.69) is 9.97 Å². The Hall–Kier alpha value is -3.17. The van der Waals surface area contributed by atoms with E-state index in [1.165, 1.54) is 33.4 Å². The molecule has 1 aromatic heterocycles. The molecule has 0 aliphatic carbocycles. The molecule has 0 spiro atoms. The van der Waals surface area contributed by atoms with Crippen molar-refractivity contribution in [2.75, 3.05) is 40.5 Å². The van der Waals surface area contributed by atoms with Crippen molar-refractivity contribution in [3.63, 3.8) is 0 Å². The van der Waals surface area contributed by atoms with Crippen LogP contribution in [-0.4, -0.2) is 73.2 Å². The van der Waals surface area contributed by atoms with Crippen LogP contribution in [-0.2, 0) is 9.53 Å². The highest BCUT2D eigenvalue weighted by molar-refractivity contribution is 6.31. The largest absolute Gasteiger partial charge is 0.490 e. The van der Waals surface area contributed by atoms with Crippen molar-refractivity contribution in [1.29, 1.82) is 0 Å². The maximum atomic E-state index is 12.7. The van der Waals surface area contributed by atoms with Crippen LogP contribution in [0, 0.1) is 0 Å². The first-order chi connectivity index (χ1) is 15.4. The number of aromatic nitrogens is 2. The molecule has 1 saturated heterocycles. The smallest absolute Gasteiger partial charge is 0.319 e. The molecule has 170 valence electrons. The van der Waals surface area contributed by atoms with Crippen LogP contribution in [0.15, 0.2) is 30.5 Å². The van der Waals surface area contributed by atoms with Gasteiger partial charge in [-0.3, -0.25) is 9.59 Å². The summed E-state index contributed by atoms with van der Waals surface area (Å²) in [7, 11) is 2.94. The van der Waals surface area contributed by atoms with E-state index >= 15 is 0 Å². The van der Waals surface area contributed by atoms with Gasteiger partial charge in [0.15, 0.2) is 5.78 Å². The van der Waals surface area contributed by atoms with Gasteiger partial charge in [-0.2, -0.15) is 4.98 Å². The Morgan fingerprint density at radius 2 is 2.12 bits per heavy atom. The van der Waals surface area contributed by atoms with Gasteiger partial charge in [-0.25, -0.2) is 4.98 Å². The Labute approximate surface area is 190 Å². The summed E-state index contributed by atoms with van der Waals surface area (Å²) in [5, 5.41) is 0.457. The van der Waals surface area contributed by atoms with Gasteiger partial charge in [-0.1, -0.05) is 11.6 Å². The molecule has 9 nitrogen and oxygen atoms in total. The molecule has 1 fully saturated rings. The van der Waals surface area contributed by atoms with Gasteiger partial charge in [0.1, 0.15) is 18.5 Å². The van der Waals surface area contributed by atoms with Crippen molar-refractivity contribution >= 4 is 29.4 Å². The summed E-state index contributed by atoms with van der Waals surface area (Å²) in [5.41, 5.74) is 0.953. The minimum Gasteiger partial charge on any atom is -0.490 e. The lowest BCUT2D eigenvalue weighted by Crippen LogP contribution is -2.47. The van der Waals surface area contributed by atoms with E-state index in [9.17, 15) is 9.59 Å². The third-order valence-electron chi connectivity index (χ3n) is 4.74. The van der Waals surface area contributed by atoms with Crippen molar-refractivity contribution in [3.8, 4) is 17.6 Å². The number of carbonyl (C=O) groups excluding carboxylic acids is 2. The van der Waals surface area contributed by atoms with Crippen LogP contribution in [0.5, 0.6) is 17.6 Å². The van der Waals surface area contributed by atoms with Gasteiger partial charge in [0.05, 0.1) is 38.5 Å². The first-order valence-corrected chi connectivity index (χ1v) is 10.3. The first-order valence-electron chi connectivity index (χ1n) is 9.88. The molecule has 1 aromatic carbocycles. The van der Waals surface area contributed by atoms with Crippen LogP contribution in [0.2, 0.25) is 5.02 Å². The van der Waals surface area contributed by atoms with Crippen molar-refractivity contribution < 1.29 is 28.5 Å². The minimum atomic E-state index is -0.338. The zero-order valence-electron chi connectivity index (χ0n) is 18.0. The van der Waals surface area contributed by atoms with Crippen molar-refractivity contribution in [2.45, 2.75) is 13.0 Å².